The van der Waals surface area contributed by atoms with Gasteiger partial charge in [-0.25, -0.2) is 4.98 Å². The molecule has 0 saturated carbocycles. The number of unbranched alkanes of at least 4 members (excludes halogenated alkanes) is 1. The number of hydrogen-bond donors (Lipinski definition) is 1. The smallest absolute Gasteiger partial charge is 0.250 e. The highest BCUT2D eigenvalue weighted by Crippen LogP contribution is 2.32. The van der Waals surface area contributed by atoms with Gasteiger partial charge in [-0.1, -0.05) is 43.7 Å². The maximum absolute atomic E-state index is 12.4. The maximum Gasteiger partial charge on any atom is 0.250 e. The van der Waals surface area contributed by atoms with Crippen LogP contribution >= 0.6 is 11.3 Å². The SMILES string of the molecule is CCCCOc1ccccc1C=CC(=O)Nc1nc(-c2ccccc2OCC)cs1. The van der Waals surface area contributed by atoms with E-state index in [1.807, 2.05) is 60.8 Å². The Morgan fingerprint density at radius 2 is 1.83 bits per heavy atom. The molecule has 1 heterocycles. The van der Waals surface area contributed by atoms with Gasteiger partial charge in [0.05, 0.1) is 18.9 Å². The molecule has 1 amide bonds. The summed E-state index contributed by atoms with van der Waals surface area (Å²) in [5.41, 5.74) is 2.55. The second kappa shape index (κ2) is 11.2. The van der Waals surface area contributed by atoms with Gasteiger partial charge in [0.25, 0.3) is 0 Å². The number of anilines is 1. The Bertz CT molecular complexity index is 997. The molecule has 156 valence electrons. The van der Waals surface area contributed by atoms with Crippen LogP contribution in [0.25, 0.3) is 17.3 Å². The summed E-state index contributed by atoms with van der Waals surface area (Å²) >= 11 is 1.38. The number of nitrogens with one attached hydrogen (secondary N) is 1. The predicted octanol–water partition coefficient (Wildman–Crippen LogP) is 6.04. The van der Waals surface area contributed by atoms with E-state index in [0.717, 1.165) is 41.2 Å². The summed E-state index contributed by atoms with van der Waals surface area (Å²) in [6.45, 7) is 5.32. The molecule has 0 atom stereocenters. The molecule has 0 unspecified atom stereocenters. The Balaban J connectivity index is 1.66. The number of nitrogens with zero attached hydrogens (tertiary/aromatic N) is 1. The minimum Gasteiger partial charge on any atom is -0.493 e. The Morgan fingerprint density at radius 3 is 2.63 bits per heavy atom. The van der Waals surface area contributed by atoms with Crippen LogP contribution in [0.1, 0.15) is 32.3 Å². The van der Waals surface area contributed by atoms with E-state index < -0.39 is 0 Å². The minimum atomic E-state index is -0.239. The fraction of sp³-hybridized carbons (Fsp3) is 0.250. The van der Waals surface area contributed by atoms with E-state index >= 15 is 0 Å². The molecule has 2 aromatic carbocycles. The van der Waals surface area contributed by atoms with Gasteiger partial charge >= 0.3 is 0 Å². The zero-order valence-corrected chi connectivity index (χ0v) is 18.1. The molecule has 30 heavy (non-hydrogen) atoms. The molecule has 0 aliphatic rings. The van der Waals surface area contributed by atoms with Crippen molar-refractivity contribution in [1.29, 1.82) is 0 Å². The third-order valence-electron chi connectivity index (χ3n) is 4.29. The van der Waals surface area contributed by atoms with Gasteiger partial charge in [-0.2, -0.15) is 0 Å². The van der Waals surface area contributed by atoms with Crippen molar-refractivity contribution in [2.45, 2.75) is 26.7 Å². The number of rotatable bonds is 10. The maximum atomic E-state index is 12.4. The summed E-state index contributed by atoms with van der Waals surface area (Å²) in [6, 6.07) is 15.4. The molecule has 0 spiro atoms. The van der Waals surface area contributed by atoms with Gasteiger partial charge in [-0.05, 0) is 37.6 Å². The van der Waals surface area contributed by atoms with Crippen LogP contribution in [0.3, 0.4) is 0 Å². The van der Waals surface area contributed by atoms with Crippen molar-refractivity contribution in [2.24, 2.45) is 0 Å². The van der Waals surface area contributed by atoms with Crippen LogP contribution < -0.4 is 14.8 Å². The summed E-state index contributed by atoms with van der Waals surface area (Å²) in [7, 11) is 0. The van der Waals surface area contributed by atoms with Crippen molar-refractivity contribution in [3.63, 3.8) is 0 Å². The second-order valence-electron chi connectivity index (χ2n) is 6.53. The number of para-hydroxylation sites is 2. The Kier molecular flexibility index (Phi) is 8.03. The zero-order valence-electron chi connectivity index (χ0n) is 17.3. The highest BCUT2D eigenvalue weighted by molar-refractivity contribution is 7.14. The van der Waals surface area contributed by atoms with E-state index in [4.69, 9.17) is 9.47 Å². The number of carbonyl (C=O) groups excluding carboxylic acids is 1. The topological polar surface area (TPSA) is 60.5 Å². The van der Waals surface area contributed by atoms with E-state index in [2.05, 4.69) is 17.2 Å². The van der Waals surface area contributed by atoms with Crippen LogP contribution in [-0.4, -0.2) is 24.1 Å². The number of amides is 1. The van der Waals surface area contributed by atoms with Crippen LogP contribution in [0.4, 0.5) is 5.13 Å². The summed E-state index contributed by atoms with van der Waals surface area (Å²) in [6.07, 6.45) is 5.33. The largest absolute Gasteiger partial charge is 0.493 e. The van der Waals surface area contributed by atoms with Crippen LogP contribution in [0, 0.1) is 0 Å². The molecule has 1 aromatic heterocycles. The molecule has 3 aromatic rings. The molecular formula is C24H26N2O3S. The number of benzene rings is 2. The van der Waals surface area contributed by atoms with E-state index in [1.165, 1.54) is 17.4 Å². The van der Waals surface area contributed by atoms with E-state index in [0.29, 0.717) is 18.3 Å². The van der Waals surface area contributed by atoms with Crippen LogP contribution in [0.5, 0.6) is 11.5 Å². The van der Waals surface area contributed by atoms with Gasteiger partial charge in [0.15, 0.2) is 5.13 Å². The average Bonchev–Trinajstić information content (AvgIpc) is 3.22. The molecular weight excluding hydrogens is 396 g/mol. The molecule has 0 aliphatic heterocycles. The summed E-state index contributed by atoms with van der Waals surface area (Å²) in [5, 5.41) is 5.28. The van der Waals surface area contributed by atoms with E-state index in [1.54, 1.807) is 6.08 Å². The predicted molar refractivity (Wildman–Crippen MR) is 123 cm³/mol. The highest BCUT2D eigenvalue weighted by atomic mass is 32.1. The lowest BCUT2D eigenvalue weighted by Crippen LogP contribution is -2.07. The third kappa shape index (κ3) is 5.94. The fourth-order valence-electron chi connectivity index (χ4n) is 2.80. The number of ether oxygens (including phenoxy) is 2. The van der Waals surface area contributed by atoms with Crippen molar-refractivity contribution in [1.82, 2.24) is 4.98 Å². The first-order chi connectivity index (χ1) is 14.7. The standard InChI is InChI=1S/C24H26N2O3S/c1-3-5-16-29-21-12-8-6-10-18(21)14-15-23(27)26-24-25-20(17-30-24)19-11-7-9-13-22(19)28-4-2/h6-15,17H,3-5,16H2,1-2H3,(H,25,26,27). The first kappa shape index (κ1) is 21.6. The summed E-state index contributed by atoms with van der Waals surface area (Å²) in [4.78, 5) is 16.9. The first-order valence-electron chi connectivity index (χ1n) is 10.1. The lowest BCUT2D eigenvalue weighted by Gasteiger charge is -2.08. The molecule has 0 aliphatic carbocycles. The van der Waals surface area contributed by atoms with Crippen LogP contribution in [-0.2, 0) is 4.79 Å². The number of hydrogen-bond acceptors (Lipinski definition) is 5. The number of carbonyl (C=O) groups is 1. The van der Waals surface area contributed by atoms with Gasteiger partial charge in [0.1, 0.15) is 11.5 Å². The molecule has 1 N–H and O–H groups in total. The first-order valence-corrected chi connectivity index (χ1v) is 11.0. The van der Waals surface area contributed by atoms with Crippen LogP contribution in [0.2, 0.25) is 0 Å². The molecule has 0 saturated heterocycles. The van der Waals surface area contributed by atoms with Crippen molar-refractivity contribution in [3.05, 3.63) is 65.6 Å². The molecule has 6 heteroatoms. The normalized spacial score (nSPS) is 10.9. The van der Waals surface area contributed by atoms with Crippen molar-refractivity contribution in [2.75, 3.05) is 18.5 Å². The van der Waals surface area contributed by atoms with E-state index in [9.17, 15) is 4.79 Å². The lowest BCUT2D eigenvalue weighted by atomic mass is 10.1. The highest BCUT2D eigenvalue weighted by Gasteiger charge is 2.11. The van der Waals surface area contributed by atoms with Crippen molar-refractivity contribution in [3.8, 4) is 22.8 Å². The van der Waals surface area contributed by atoms with Gasteiger partial charge in [0, 0.05) is 22.6 Å². The molecule has 0 fully saturated rings. The Hall–Kier alpha value is -3.12. The Morgan fingerprint density at radius 1 is 1.07 bits per heavy atom. The van der Waals surface area contributed by atoms with Gasteiger partial charge in [-0.15, -0.1) is 11.3 Å². The molecule has 5 nitrogen and oxygen atoms in total. The molecule has 3 rings (SSSR count). The monoisotopic (exact) mass is 422 g/mol. The lowest BCUT2D eigenvalue weighted by molar-refractivity contribution is -0.111. The van der Waals surface area contributed by atoms with Crippen LogP contribution in [0.15, 0.2) is 60.0 Å². The van der Waals surface area contributed by atoms with Gasteiger partial charge < -0.3 is 9.47 Å². The summed E-state index contributed by atoms with van der Waals surface area (Å²) < 4.78 is 11.5. The van der Waals surface area contributed by atoms with E-state index in [-0.39, 0.29) is 5.91 Å². The number of thiazole rings is 1. The van der Waals surface area contributed by atoms with Crippen molar-refractivity contribution < 1.29 is 14.3 Å². The molecule has 0 bridgehead atoms. The van der Waals surface area contributed by atoms with Gasteiger partial charge in [0.2, 0.25) is 5.91 Å². The van der Waals surface area contributed by atoms with Gasteiger partial charge in [-0.3, -0.25) is 10.1 Å². The number of aromatic nitrogens is 1. The minimum absolute atomic E-state index is 0.239. The van der Waals surface area contributed by atoms with Crippen molar-refractivity contribution >= 4 is 28.5 Å². The molecule has 0 radical (unpaired) electrons. The second-order valence-corrected chi connectivity index (χ2v) is 7.39. The third-order valence-corrected chi connectivity index (χ3v) is 5.04. The summed E-state index contributed by atoms with van der Waals surface area (Å²) in [5.74, 6) is 1.32. The Labute approximate surface area is 181 Å². The quantitative estimate of drug-likeness (QED) is 0.320. The zero-order chi connectivity index (χ0) is 21.2. The average molecular weight is 423 g/mol. The fourth-order valence-corrected chi connectivity index (χ4v) is 3.52.